The van der Waals surface area contributed by atoms with Crippen molar-refractivity contribution >= 4 is 11.6 Å². The molecule has 0 fully saturated rings. The number of nitrogens with one attached hydrogen (secondary N) is 2. The molecule has 0 saturated carbocycles. The normalized spacial score (nSPS) is 10.6. The van der Waals surface area contributed by atoms with Gasteiger partial charge in [-0.25, -0.2) is 0 Å². The summed E-state index contributed by atoms with van der Waals surface area (Å²) in [4.78, 5) is 0. The van der Waals surface area contributed by atoms with Gasteiger partial charge < -0.3 is 10.6 Å². The van der Waals surface area contributed by atoms with Gasteiger partial charge in [0.25, 0.3) is 0 Å². The van der Waals surface area contributed by atoms with Gasteiger partial charge in [0.15, 0.2) is 0 Å². The first kappa shape index (κ1) is 13.5. The van der Waals surface area contributed by atoms with Crippen molar-refractivity contribution in [3.05, 3.63) is 34.9 Å². The van der Waals surface area contributed by atoms with E-state index in [-0.39, 0.29) is 0 Å². The summed E-state index contributed by atoms with van der Waals surface area (Å²) in [5.74, 6) is 0. The van der Waals surface area contributed by atoms with Crippen molar-refractivity contribution in [3.8, 4) is 0 Å². The summed E-state index contributed by atoms with van der Waals surface area (Å²) < 4.78 is 0. The average molecular weight is 241 g/mol. The third-order valence-electron chi connectivity index (χ3n) is 2.46. The highest BCUT2D eigenvalue weighted by atomic mass is 35.5. The van der Waals surface area contributed by atoms with E-state index in [2.05, 4.69) is 23.6 Å². The van der Waals surface area contributed by atoms with Gasteiger partial charge in [-0.3, -0.25) is 0 Å². The van der Waals surface area contributed by atoms with Crippen LogP contribution >= 0.6 is 11.6 Å². The molecule has 0 unspecified atom stereocenters. The van der Waals surface area contributed by atoms with E-state index in [0.29, 0.717) is 0 Å². The fourth-order valence-corrected chi connectivity index (χ4v) is 1.67. The highest BCUT2D eigenvalue weighted by molar-refractivity contribution is 6.31. The predicted molar refractivity (Wildman–Crippen MR) is 70.9 cm³/mol. The number of benzene rings is 1. The van der Waals surface area contributed by atoms with Gasteiger partial charge in [0.1, 0.15) is 0 Å². The summed E-state index contributed by atoms with van der Waals surface area (Å²) in [5, 5.41) is 7.61. The number of hydrogen-bond acceptors (Lipinski definition) is 2. The molecule has 0 radical (unpaired) electrons. The van der Waals surface area contributed by atoms with E-state index < -0.39 is 0 Å². The lowest BCUT2D eigenvalue weighted by Crippen LogP contribution is -2.27. The second-order valence-electron chi connectivity index (χ2n) is 3.87. The zero-order chi connectivity index (χ0) is 11.6. The summed E-state index contributed by atoms with van der Waals surface area (Å²) in [6.07, 6.45) is 2.50. The molecule has 0 saturated heterocycles. The van der Waals surface area contributed by atoms with Gasteiger partial charge in [-0.1, -0.05) is 43.1 Å². The standard InChI is InChI=1S/C13H21ClN2/c1-2-3-8-15-9-10-16-11-12-6-4-5-7-13(12)14/h4-7,15-16H,2-3,8-11H2,1H3. The van der Waals surface area contributed by atoms with E-state index in [0.717, 1.165) is 36.8 Å². The highest BCUT2D eigenvalue weighted by Gasteiger charge is 1.97. The van der Waals surface area contributed by atoms with Crippen LogP contribution in [0.4, 0.5) is 0 Å². The summed E-state index contributed by atoms with van der Waals surface area (Å²) in [6, 6.07) is 7.96. The van der Waals surface area contributed by atoms with Crippen molar-refractivity contribution in [2.24, 2.45) is 0 Å². The van der Waals surface area contributed by atoms with Gasteiger partial charge in [0.05, 0.1) is 0 Å². The minimum absolute atomic E-state index is 0.842. The van der Waals surface area contributed by atoms with Gasteiger partial charge in [-0.05, 0) is 24.6 Å². The second-order valence-corrected chi connectivity index (χ2v) is 4.28. The minimum atomic E-state index is 0.842. The lowest BCUT2D eigenvalue weighted by molar-refractivity contribution is 0.593. The summed E-state index contributed by atoms with van der Waals surface area (Å²) in [6.45, 7) is 6.16. The first-order valence-electron chi connectivity index (χ1n) is 5.99. The summed E-state index contributed by atoms with van der Waals surface area (Å²) >= 11 is 6.05. The summed E-state index contributed by atoms with van der Waals surface area (Å²) in [7, 11) is 0. The first-order valence-corrected chi connectivity index (χ1v) is 6.37. The molecule has 1 rings (SSSR count). The quantitative estimate of drug-likeness (QED) is 0.683. The molecule has 0 aliphatic rings. The molecule has 0 amide bonds. The first-order chi connectivity index (χ1) is 7.84. The Morgan fingerprint density at radius 3 is 2.56 bits per heavy atom. The lowest BCUT2D eigenvalue weighted by Gasteiger charge is -2.07. The monoisotopic (exact) mass is 240 g/mol. The third-order valence-corrected chi connectivity index (χ3v) is 2.83. The van der Waals surface area contributed by atoms with Crippen molar-refractivity contribution in [2.45, 2.75) is 26.3 Å². The van der Waals surface area contributed by atoms with Gasteiger partial charge >= 0.3 is 0 Å². The Labute approximate surface area is 103 Å². The molecule has 2 nitrogen and oxygen atoms in total. The van der Waals surface area contributed by atoms with Crippen LogP contribution in [0.3, 0.4) is 0 Å². The Bertz CT molecular complexity index is 289. The molecule has 90 valence electrons. The molecule has 0 heterocycles. The van der Waals surface area contributed by atoms with Crippen LogP contribution in [0.2, 0.25) is 5.02 Å². The van der Waals surface area contributed by atoms with Crippen molar-refractivity contribution in [2.75, 3.05) is 19.6 Å². The zero-order valence-corrected chi connectivity index (χ0v) is 10.7. The maximum absolute atomic E-state index is 6.05. The van der Waals surface area contributed by atoms with Crippen molar-refractivity contribution in [3.63, 3.8) is 0 Å². The molecule has 0 aliphatic heterocycles. The van der Waals surface area contributed by atoms with Gasteiger partial charge in [-0.2, -0.15) is 0 Å². The molecular formula is C13H21ClN2. The lowest BCUT2D eigenvalue weighted by atomic mass is 10.2. The van der Waals surface area contributed by atoms with Crippen LogP contribution in [0.25, 0.3) is 0 Å². The maximum atomic E-state index is 6.05. The fraction of sp³-hybridized carbons (Fsp3) is 0.538. The Kier molecular flexibility index (Phi) is 7.23. The SMILES string of the molecule is CCCCNCCNCc1ccccc1Cl. The van der Waals surface area contributed by atoms with Gasteiger partial charge in [-0.15, -0.1) is 0 Å². The van der Waals surface area contributed by atoms with Gasteiger partial charge in [0.2, 0.25) is 0 Å². The molecule has 3 heteroatoms. The minimum Gasteiger partial charge on any atom is -0.315 e. The Morgan fingerprint density at radius 1 is 1.06 bits per heavy atom. The molecular weight excluding hydrogens is 220 g/mol. The third kappa shape index (κ3) is 5.50. The average Bonchev–Trinajstić information content (AvgIpc) is 2.30. The number of halogens is 1. The zero-order valence-electron chi connectivity index (χ0n) is 9.93. The fourth-order valence-electron chi connectivity index (χ4n) is 1.47. The van der Waals surface area contributed by atoms with Crippen LogP contribution in [0.1, 0.15) is 25.3 Å². The van der Waals surface area contributed by atoms with Crippen LogP contribution in [0, 0.1) is 0 Å². The van der Waals surface area contributed by atoms with E-state index >= 15 is 0 Å². The molecule has 0 atom stereocenters. The number of hydrogen-bond donors (Lipinski definition) is 2. The topological polar surface area (TPSA) is 24.1 Å². The molecule has 0 bridgehead atoms. The molecule has 1 aromatic rings. The number of rotatable bonds is 8. The molecule has 2 N–H and O–H groups in total. The molecule has 16 heavy (non-hydrogen) atoms. The largest absolute Gasteiger partial charge is 0.315 e. The van der Waals surface area contributed by atoms with Crippen molar-refractivity contribution < 1.29 is 0 Å². The van der Waals surface area contributed by atoms with Crippen molar-refractivity contribution in [1.82, 2.24) is 10.6 Å². The van der Waals surface area contributed by atoms with E-state index in [1.54, 1.807) is 0 Å². The molecule has 0 aliphatic carbocycles. The van der Waals surface area contributed by atoms with Crippen LogP contribution < -0.4 is 10.6 Å². The molecule has 0 aromatic heterocycles. The van der Waals surface area contributed by atoms with Crippen molar-refractivity contribution in [1.29, 1.82) is 0 Å². The van der Waals surface area contributed by atoms with Crippen LogP contribution in [0.15, 0.2) is 24.3 Å². The maximum Gasteiger partial charge on any atom is 0.0450 e. The Hall–Kier alpha value is -0.570. The Morgan fingerprint density at radius 2 is 1.81 bits per heavy atom. The van der Waals surface area contributed by atoms with Crippen LogP contribution in [0.5, 0.6) is 0 Å². The van der Waals surface area contributed by atoms with E-state index in [1.807, 2.05) is 18.2 Å². The highest BCUT2D eigenvalue weighted by Crippen LogP contribution is 2.13. The van der Waals surface area contributed by atoms with Gasteiger partial charge in [0, 0.05) is 24.7 Å². The van der Waals surface area contributed by atoms with E-state index in [4.69, 9.17) is 11.6 Å². The smallest absolute Gasteiger partial charge is 0.0450 e. The second kappa shape index (κ2) is 8.57. The Balaban J connectivity index is 2.05. The molecule has 0 spiro atoms. The van der Waals surface area contributed by atoms with E-state index in [9.17, 15) is 0 Å². The van der Waals surface area contributed by atoms with E-state index in [1.165, 1.54) is 12.8 Å². The molecule has 1 aromatic carbocycles. The van der Waals surface area contributed by atoms with Crippen LogP contribution in [-0.2, 0) is 6.54 Å². The predicted octanol–water partition coefficient (Wildman–Crippen LogP) is 2.82. The van der Waals surface area contributed by atoms with Crippen LogP contribution in [-0.4, -0.2) is 19.6 Å². The summed E-state index contributed by atoms with van der Waals surface area (Å²) in [5.41, 5.74) is 1.16. The number of unbranched alkanes of at least 4 members (excludes halogenated alkanes) is 1.